The highest BCUT2D eigenvalue weighted by molar-refractivity contribution is 7.80. The molecule has 0 aromatic carbocycles. The minimum Gasteiger partial charge on any atom is -0.179 e. The summed E-state index contributed by atoms with van der Waals surface area (Å²) in [6.07, 6.45) is 10.9. The van der Waals surface area contributed by atoms with Crippen molar-refractivity contribution in [1.29, 1.82) is 0 Å². The van der Waals surface area contributed by atoms with Gasteiger partial charge in [-0.3, -0.25) is 0 Å². The van der Waals surface area contributed by atoms with Crippen molar-refractivity contribution in [1.82, 2.24) is 0 Å². The summed E-state index contributed by atoms with van der Waals surface area (Å²) in [7, 11) is 0. The number of allylic oxidation sites excluding steroid dienone is 2. The van der Waals surface area contributed by atoms with Gasteiger partial charge >= 0.3 is 0 Å². The number of unbranched alkanes of at least 4 members (excludes halogenated alkanes) is 3. The first-order chi connectivity index (χ1) is 4.91. The Hall–Kier alpha value is 0.0900. The molecule has 0 atom stereocenters. The van der Waals surface area contributed by atoms with Gasteiger partial charge in [-0.25, -0.2) is 0 Å². The molecule has 10 heavy (non-hydrogen) atoms. The maximum absolute atomic E-state index is 4.11. The standard InChI is InChI=1S/C9H18S/c1-2-3-4-5-6-7-8-9-10/h6-7,10H,2-5,8-9H2,1H3/b7-6-. The van der Waals surface area contributed by atoms with E-state index in [2.05, 4.69) is 31.7 Å². The van der Waals surface area contributed by atoms with Crippen LogP contribution in [0, 0.1) is 0 Å². The molecule has 0 aromatic heterocycles. The first-order valence-electron chi connectivity index (χ1n) is 4.17. The monoisotopic (exact) mass is 158 g/mol. The van der Waals surface area contributed by atoms with E-state index in [-0.39, 0.29) is 0 Å². The Balaban J connectivity index is 2.88. The van der Waals surface area contributed by atoms with Gasteiger partial charge in [0.05, 0.1) is 0 Å². The van der Waals surface area contributed by atoms with E-state index in [4.69, 9.17) is 0 Å². The van der Waals surface area contributed by atoms with Gasteiger partial charge in [-0.2, -0.15) is 12.6 Å². The second kappa shape index (κ2) is 9.09. The van der Waals surface area contributed by atoms with Crippen LogP contribution in [-0.2, 0) is 0 Å². The Kier molecular flexibility index (Phi) is 9.17. The summed E-state index contributed by atoms with van der Waals surface area (Å²) in [6, 6.07) is 0. The lowest BCUT2D eigenvalue weighted by Crippen LogP contribution is -1.71. The van der Waals surface area contributed by atoms with Gasteiger partial charge in [0.25, 0.3) is 0 Å². The number of rotatable bonds is 6. The fraction of sp³-hybridized carbons (Fsp3) is 0.778. The van der Waals surface area contributed by atoms with Gasteiger partial charge < -0.3 is 0 Å². The number of thiol groups is 1. The van der Waals surface area contributed by atoms with Crippen molar-refractivity contribution in [2.75, 3.05) is 5.75 Å². The molecule has 1 heteroatoms. The Morgan fingerprint density at radius 3 is 2.40 bits per heavy atom. The van der Waals surface area contributed by atoms with Crippen molar-refractivity contribution in [3.63, 3.8) is 0 Å². The molecule has 0 fully saturated rings. The van der Waals surface area contributed by atoms with Crippen LogP contribution in [0.1, 0.15) is 39.0 Å². The molecule has 0 aromatic rings. The molecule has 0 N–H and O–H groups in total. The van der Waals surface area contributed by atoms with Crippen LogP contribution >= 0.6 is 12.6 Å². The molecule has 0 saturated heterocycles. The lowest BCUT2D eigenvalue weighted by atomic mass is 10.2. The van der Waals surface area contributed by atoms with E-state index in [0.29, 0.717) is 0 Å². The molecule has 0 saturated carbocycles. The molecule has 0 amide bonds. The third-order valence-electron chi connectivity index (χ3n) is 1.44. The van der Waals surface area contributed by atoms with Crippen molar-refractivity contribution in [3.8, 4) is 0 Å². The SMILES string of the molecule is CCCCC/C=C\CCS. The summed E-state index contributed by atoms with van der Waals surface area (Å²) < 4.78 is 0. The zero-order valence-electron chi connectivity index (χ0n) is 6.84. The summed E-state index contributed by atoms with van der Waals surface area (Å²) in [6.45, 7) is 2.23. The smallest absolute Gasteiger partial charge is 0.00633 e. The Morgan fingerprint density at radius 2 is 1.80 bits per heavy atom. The highest BCUT2D eigenvalue weighted by atomic mass is 32.1. The molecule has 0 rings (SSSR count). The van der Waals surface area contributed by atoms with Gasteiger partial charge in [0.1, 0.15) is 0 Å². The quantitative estimate of drug-likeness (QED) is 0.342. The van der Waals surface area contributed by atoms with Crippen LogP contribution in [-0.4, -0.2) is 5.75 Å². The number of hydrogen-bond donors (Lipinski definition) is 1. The lowest BCUT2D eigenvalue weighted by Gasteiger charge is -1.90. The van der Waals surface area contributed by atoms with Crippen LogP contribution in [0.2, 0.25) is 0 Å². The van der Waals surface area contributed by atoms with Crippen molar-refractivity contribution < 1.29 is 0 Å². The molecule has 0 aliphatic heterocycles. The van der Waals surface area contributed by atoms with Gasteiger partial charge in [-0.05, 0) is 25.0 Å². The van der Waals surface area contributed by atoms with E-state index in [9.17, 15) is 0 Å². The largest absolute Gasteiger partial charge is 0.179 e. The molecule has 0 aliphatic rings. The van der Waals surface area contributed by atoms with Crippen molar-refractivity contribution >= 4 is 12.6 Å². The number of hydrogen-bond acceptors (Lipinski definition) is 1. The normalized spacial score (nSPS) is 11.0. The van der Waals surface area contributed by atoms with Crippen LogP contribution < -0.4 is 0 Å². The molecular weight excluding hydrogens is 140 g/mol. The van der Waals surface area contributed by atoms with Crippen LogP contribution in [0.4, 0.5) is 0 Å². The van der Waals surface area contributed by atoms with Gasteiger partial charge in [0.2, 0.25) is 0 Å². The zero-order chi connectivity index (χ0) is 7.66. The van der Waals surface area contributed by atoms with Crippen LogP contribution in [0.3, 0.4) is 0 Å². The summed E-state index contributed by atoms with van der Waals surface area (Å²) in [5, 5.41) is 0. The minimum absolute atomic E-state index is 0.976. The van der Waals surface area contributed by atoms with Crippen molar-refractivity contribution in [2.24, 2.45) is 0 Å². The van der Waals surface area contributed by atoms with Gasteiger partial charge in [0.15, 0.2) is 0 Å². The lowest BCUT2D eigenvalue weighted by molar-refractivity contribution is 0.728. The predicted molar refractivity (Wildman–Crippen MR) is 51.8 cm³/mol. The molecule has 0 nitrogen and oxygen atoms in total. The van der Waals surface area contributed by atoms with Crippen molar-refractivity contribution in [2.45, 2.75) is 39.0 Å². The van der Waals surface area contributed by atoms with E-state index >= 15 is 0 Å². The summed E-state index contributed by atoms with van der Waals surface area (Å²) >= 11 is 4.11. The maximum Gasteiger partial charge on any atom is -0.00633 e. The fourth-order valence-electron chi connectivity index (χ4n) is 0.822. The highest BCUT2D eigenvalue weighted by Gasteiger charge is 1.80. The van der Waals surface area contributed by atoms with Crippen molar-refractivity contribution in [3.05, 3.63) is 12.2 Å². The van der Waals surface area contributed by atoms with E-state index in [0.717, 1.165) is 12.2 Å². The van der Waals surface area contributed by atoms with Crippen LogP contribution in [0.25, 0.3) is 0 Å². The molecule has 0 radical (unpaired) electrons. The Bertz CT molecular complexity index is 76.8. The average Bonchev–Trinajstić information content (AvgIpc) is 1.97. The molecule has 0 bridgehead atoms. The summed E-state index contributed by atoms with van der Waals surface area (Å²) in [5.41, 5.74) is 0. The maximum atomic E-state index is 4.11. The van der Waals surface area contributed by atoms with E-state index in [1.54, 1.807) is 0 Å². The third kappa shape index (κ3) is 8.09. The Morgan fingerprint density at radius 1 is 1.10 bits per heavy atom. The third-order valence-corrected chi connectivity index (χ3v) is 1.69. The summed E-state index contributed by atoms with van der Waals surface area (Å²) in [5.74, 6) is 0.976. The molecule has 0 spiro atoms. The highest BCUT2D eigenvalue weighted by Crippen LogP contribution is 2.00. The first-order valence-corrected chi connectivity index (χ1v) is 4.81. The molecule has 0 aliphatic carbocycles. The molecule has 0 heterocycles. The first kappa shape index (κ1) is 10.1. The summed E-state index contributed by atoms with van der Waals surface area (Å²) in [4.78, 5) is 0. The van der Waals surface area contributed by atoms with Gasteiger partial charge in [0, 0.05) is 0 Å². The predicted octanol–water partition coefficient (Wildman–Crippen LogP) is 3.44. The van der Waals surface area contributed by atoms with Gasteiger partial charge in [-0.1, -0.05) is 31.9 Å². The van der Waals surface area contributed by atoms with E-state index in [1.807, 2.05) is 0 Å². The van der Waals surface area contributed by atoms with E-state index in [1.165, 1.54) is 25.7 Å². The zero-order valence-corrected chi connectivity index (χ0v) is 7.74. The second-order valence-electron chi connectivity index (χ2n) is 2.48. The topological polar surface area (TPSA) is 0 Å². The van der Waals surface area contributed by atoms with E-state index < -0.39 is 0 Å². The average molecular weight is 158 g/mol. The molecule has 0 unspecified atom stereocenters. The fourth-order valence-corrected chi connectivity index (χ4v) is 0.971. The van der Waals surface area contributed by atoms with Crippen LogP contribution in [0.5, 0.6) is 0 Å². The molecule has 60 valence electrons. The Labute approximate surface area is 70.1 Å². The van der Waals surface area contributed by atoms with Crippen LogP contribution in [0.15, 0.2) is 12.2 Å². The second-order valence-corrected chi connectivity index (χ2v) is 2.93. The van der Waals surface area contributed by atoms with Gasteiger partial charge in [-0.15, -0.1) is 0 Å². The minimum atomic E-state index is 0.976. The molecular formula is C9H18S.